The summed E-state index contributed by atoms with van der Waals surface area (Å²) in [6.45, 7) is 7.04. The van der Waals surface area contributed by atoms with Crippen molar-refractivity contribution in [3.05, 3.63) is 108 Å². The van der Waals surface area contributed by atoms with Gasteiger partial charge in [0.05, 0.1) is 12.1 Å². The number of rotatable bonds is 9. The van der Waals surface area contributed by atoms with E-state index in [0.29, 0.717) is 25.9 Å². The van der Waals surface area contributed by atoms with Gasteiger partial charge in [-0.05, 0) is 29.5 Å². The molecule has 5 heteroatoms. The fraction of sp³-hybridized carbons (Fsp3) is 0.355. The molecule has 3 aromatic rings. The number of hydrogen-bond acceptors (Lipinski definition) is 3. The molecule has 2 amide bonds. The van der Waals surface area contributed by atoms with E-state index < -0.39 is 0 Å². The molecule has 0 bridgehead atoms. The van der Waals surface area contributed by atoms with E-state index in [2.05, 4.69) is 58.7 Å². The first-order chi connectivity index (χ1) is 17.5. The number of carbonyl (C=O) groups excluding carboxylic acids is 2. The minimum absolute atomic E-state index is 0.000103. The third-order valence-corrected chi connectivity index (χ3v) is 7.00. The van der Waals surface area contributed by atoms with E-state index in [4.69, 9.17) is 0 Å². The molecule has 0 spiro atoms. The van der Waals surface area contributed by atoms with Crippen LogP contribution >= 0.6 is 0 Å². The summed E-state index contributed by atoms with van der Waals surface area (Å²) < 4.78 is 0. The number of hydrogen-bond donors (Lipinski definition) is 1. The number of carbonyl (C=O) groups is 2. The summed E-state index contributed by atoms with van der Waals surface area (Å²) in [6.07, 6.45) is 0.751. The van der Waals surface area contributed by atoms with E-state index in [9.17, 15) is 9.59 Å². The molecule has 5 nitrogen and oxygen atoms in total. The first-order valence-electron chi connectivity index (χ1n) is 13.0. The SMILES string of the molecule is C[C@H](CC(=O)N[C@H](C)c1ccccc1)CC(=O)N1CCN(C(c2ccccc2)c2ccccc2)CC1. The second-order valence-electron chi connectivity index (χ2n) is 9.85. The number of piperazine rings is 1. The van der Waals surface area contributed by atoms with Crippen molar-refractivity contribution in [3.8, 4) is 0 Å². The number of amides is 2. The van der Waals surface area contributed by atoms with Gasteiger partial charge in [0.25, 0.3) is 0 Å². The Bertz CT molecular complexity index is 1060. The first kappa shape index (κ1) is 25.6. The standard InChI is InChI=1S/C31H37N3O2/c1-24(22-29(35)32-25(2)26-12-6-3-7-13-26)23-30(36)33-18-20-34(21-19-33)31(27-14-8-4-9-15-27)28-16-10-5-11-17-28/h3-17,24-25,31H,18-23H2,1-2H3,(H,32,35)/t24-,25-/m1/s1. The molecule has 0 aliphatic carbocycles. The van der Waals surface area contributed by atoms with Gasteiger partial charge in [-0.15, -0.1) is 0 Å². The van der Waals surface area contributed by atoms with Crippen molar-refractivity contribution in [2.45, 2.75) is 38.8 Å². The van der Waals surface area contributed by atoms with Gasteiger partial charge in [0.2, 0.25) is 11.8 Å². The summed E-state index contributed by atoms with van der Waals surface area (Å²) in [6, 6.07) is 31.2. The maximum Gasteiger partial charge on any atom is 0.222 e. The molecule has 1 aliphatic rings. The van der Waals surface area contributed by atoms with Crippen LogP contribution in [-0.4, -0.2) is 47.8 Å². The van der Waals surface area contributed by atoms with Crippen LogP contribution in [0.3, 0.4) is 0 Å². The summed E-state index contributed by atoms with van der Waals surface area (Å²) >= 11 is 0. The van der Waals surface area contributed by atoms with Gasteiger partial charge in [-0.3, -0.25) is 14.5 Å². The van der Waals surface area contributed by atoms with E-state index in [1.807, 2.05) is 61.2 Å². The highest BCUT2D eigenvalue weighted by Gasteiger charge is 2.28. The van der Waals surface area contributed by atoms with E-state index in [-0.39, 0.29) is 29.8 Å². The molecule has 36 heavy (non-hydrogen) atoms. The Morgan fingerprint density at radius 3 is 1.67 bits per heavy atom. The molecule has 1 heterocycles. The van der Waals surface area contributed by atoms with E-state index >= 15 is 0 Å². The van der Waals surface area contributed by atoms with Crippen molar-refractivity contribution < 1.29 is 9.59 Å². The lowest BCUT2D eigenvalue weighted by atomic mass is 9.96. The highest BCUT2D eigenvalue weighted by atomic mass is 16.2. The molecule has 0 radical (unpaired) electrons. The van der Waals surface area contributed by atoms with Crippen LogP contribution in [0.15, 0.2) is 91.0 Å². The van der Waals surface area contributed by atoms with Crippen molar-refractivity contribution >= 4 is 11.8 Å². The monoisotopic (exact) mass is 483 g/mol. The summed E-state index contributed by atoms with van der Waals surface area (Å²) in [5.74, 6) is 0.131. The smallest absolute Gasteiger partial charge is 0.222 e. The third-order valence-electron chi connectivity index (χ3n) is 7.00. The van der Waals surface area contributed by atoms with Crippen LogP contribution in [0.1, 0.15) is 55.5 Å². The summed E-state index contributed by atoms with van der Waals surface area (Å²) in [5.41, 5.74) is 3.62. The van der Waals surface area contributed by atoms with Crippen LogP contribution in [0.25, 0.3) is 0 Å². The largest absolute Gasteiger partial charge is 0.350 e. The second-order valence-corrected chi connectivity index (χ2v) is 9.85. The van der Waals surface area contributed by atoms with Gasteiger partial charge >= 0.3 is 0 Å². The second kappa shape index (κ2) is 12.5. The summed E-state index contributed by atoms with van der Waals surface area (Å²) in [5, 5.41) is 3.06. The van der Waals surface area contributed by atoms with Crippen LogP contribution in [0.4, 0.5) is 0 Å². The molecule has 3 aromatic carbocycles. The fourth-order valence-corrected chi connectivity index (χ4v) is 5.06. The van der Waals surface area contributed by atoms with Gasteiger partial charge in [-0.25, -0.2) is 0 Å². The van der Waals surface area contributed by atoms with Gasteiger partial charge < -0.3 is 10.2 Å². The molecule has 0 unspecified atom stereocenters. The Morgan fingerprint density at radius 1 is 0.694 bits per heavy atom. The van der Waals surface area contributed by atoms with Crippen LogP contribution in [0.5, 0.6) is 0 Å². The van der Waals surface area contributed by atoms with Gasteiger partial charge in [0.15, 0.2) is 0 Å². The molecule has 188 valence electrons. The maximum absolute atomic E-state index is 13.0. The minimum Gasteiger partial charge on any atom is -0.350 e. The Morgan fingerprint density at radius 2 is 1.17 bits per heavy atom. The summed E-state index contributed by atoms with van der Waals surface area (Å²) in [7, 11) is 0. The Labute approximate surface area is 215 Å². The molecule has 1 aliphatic heterocycles. The Hall–Kier alpha value is -3.44. The lowest BCUT2D eigenvalue weighted by Crippen LogP contribution is -2.50. The molecule has 1 saturated heterocycles. The number of nitrogens with one attached hydrogen (secondary N) is 1. The van der Waals surface area contributed by atoms with E-state index in [1.165, 1.54) is 11.1 Å². The highest BCUT2D eigenvalue weighted by Crippen LogP contribution is 2.29. The van der Waals surface area contributed by atoms with Gasteiger partial charge in [0, 0.05) is 39.0 Å². The van der Waals surface area contributed by atoms with Crippen molar-refractivity contribution in [2.75, 3.05) is 26.2 Å². The molecule has 1 fully saturated rings. The van der Waals surface area contributed by atoms with Crippen molar-refractivity contribution in [1.82, 2.24) is 15.1 Å². The van der Waals surface area contributed by atoms with Crippen molar-refractivity contribution in [2.24, 2.45) is 5.92 Å². The van der Waals surface area contributed by atoms with E-state index in [1.54, 1.807) is 0 Å². The molecule has 4 rings (SSSR count). The van der Waals surface area contributed by atoms with Gasteiger partial charge in [-0.2, -0.15) is 0 Å². The number of benzene rings is 3. The molecular formula is C31H37N3O2. The molecule has 1 N–H and O–H groups in total. The highest BCUT2D eigenvalue weighted by molar-refractivity contribution is 5.79. The van der Waals surface area contributed by atoms with Crippen LogP contribution in [0.2, 0.25) is 0 Å². The van der Waals surface area contributed by atoms with Gasteiger partial charge in [0.1, 0.15) is 0 Å². The molecule has 2 atom stereocenters. The lowest BCUT2D eigenvalue weighted by molar-refractivity contribution is -0.134. The fourth-order valence-electron chi connectivity index (χ4n) is 5.06. The van der Waals surface area contributed by atoms with E-state index in [0.717, 1.165) is 18.7 Å². The normalized spacial score (nSPS) is 15.9. The average molecular weight is 484 g/mol. The number of nitrogens with zero attached hydrogens (tertiary/aromatic N) is 2. The zero-order valence-electron chi connectivity index (χ0n) is 21.3. The van der Waals surface area contributed by atoms with Crippen LogP contribution < -0.4 is 5.32 Å². The van der Waals surface area contributed by atoms with Crippen molar-refractivity contribution in [3.63, 3.8) is 0 Å². The molecule has 0 aromatic heterocycles. The lowest BCUT2D eigenvalue weighted by Gasteiger charge is -2.40. The predicted molar refractivity (Wildman–Crippen MR) is 144 cm³/mol. The first-order valence-corrected chi connectivity index (χ1v) is 13.0. The Balaban J connectivity index is 1.28. The topological polar surface area (TPSA) is 52.7 Å². The zero-order chi connectivity index (χ0) is 25.3. The summed E-state index contributed by atoms with van der Waals surface area (Å²) in [4.78, 5) is 30.0. The third kappa shape index (κ3) is 6.82. The predicted octanol–water partition coefficient (Wildman–Crippen LogP) is 5.21. The maximum atomic E-state index is 13.0. The molecule has 0 saturated carbocycles. The Kier molecular flexibility index (Phi) is 8.90. The quantitative estimate of drug-likeness (QED) is 0.454. The van der Waals surface area contributed by atoms with Crippen LogP contribution in [0, 0.1) is 5.92 Å². The molecular weight excluding hydrogens is 446 g/mol. The average Bonchev–Trinajstić information content (AvgIpc) is 2.91. The zero-order valence-corrected chi connectivity index (χ0v) is 21.3. The van der Waals surface area contributed by atoms with Gasteiger partial charge in [-0.1, -0.05) is 97.9 Å². The minimum atomic E-state index is -0.0446. The van der Waals surface area contributed by atoms with Crippen LogP contribution in [-0.2, 0) is 9.59 Å². The van der Waals surface area contributed by atoms with Crippen molar-refractivity contribution in [1.29, 1.82) is 0 Å².